The van der Waals surface area contributed by atoms with E-state index < -0.39 is 0 Å². The van der Waals surface area contributed by atoms with Gasteiger partial charge in [-0.15, -0.1) is 12.4 Å². The zero-order valence-corrected chi connectivity index (χ0v) is 13.6. The predicted molar refractivity (Wildman–Crippen MR) is 93.1 cm³/mol. The summed E-state index contributed by atoms with van der Waals surface area (Å²) in [5.41, 5.74) is 5.67. The number of rotatable bonds is 3. The van der Waals surface area contributed by atoms with Crippen molar-refractivity contribution in [3.8, 4) is 0 Å². The number of anilines is 2. The number of aryl methyl sites for hydroxylation is 2. The number of halogens is 1. The van der Waals surface area contributed by atoms with E-state index in [1.165, 1.54) is 22.5 Å². The monoisotopic (exact) mass is 302 g/mol. The maximum absolute atomic E-state index is 2.48. The van der Waals surface area contributed by atoms with Crippen molar-refractivity contribution in [2.75, 3.05) is 32.1 Å². The van der Waals surface area contributed by atoms with E-state index in [1.807, 2.05) is 0 Å². The molecule has 2 nitrogen and oxygen atoms in total. The van der Waals surface area contributed by atoms with Gasteiger partial charge < -0.3 is 9.80 Å². The Labute approximate surface area is 133 Å². The van der Waals surface area contributed by atoms with E-state index in [9.17, 15) is 0 Å². The van der Waals surface area contributed by atoms with Crippen molar-refractivity contribution in [2.24, 2.45) is 0 Å². The van der Waals surface area contributed by atoms with Gasteiger partial charge in [-0.2, -0.15) is 0 Å². The second kappa shape index (κ2) is 6.97. The molecule has 0 saturated heterocycles. The lowest BCUT2D eigenvalue weighted by Crippen LogP contribution is -2.28. The van der Waals surface area contributed by atoms with Crippen LogP contribution >= 0.6 is 12.4 Å². The van der Waals surface area contributed by atoms with Crippen molar-refractivity contribution in [3.63, 3.8) is 0 Å². The lowest BCUT2D eigenvalue weighted by atomic mass is 10.0. The topological polar surface area (TPSA) is 6.48 Å². The maximum Gasteiger partial charge on any atom is 0.0443 e. The predicted octanol–water partition coefficient (Wildman–Crippen LogP) is 3.91. The summed E-state index contributed by atoms with van der Waals surface area (Å²) in [5, 5.41) is 0. The normalized spacial score (nSPS) is 13.2. The Hall–Kier alpha value is -1.51. The number of benzene rings is 2. The molecule has 0 fully saturated rings. The van der Waals surface area contributed by atoms with E-state index in [0.29, 0.717) is 0 Å². The number of likely N-dealkylation sites (N-methyl/N-ethyl adjacent to an activating group) is 1. The third-order valence-electron chi connectivity index (χ3n) is 4.00. The second-order valence-corrected chi connectivity index (χ2v) is 5.71. The molecule has 0 unspecified atom stereocenters. The zero-order valence-electron chi connectivity index (χ0n) is 12.7. The van der Waals surface area contributed by atoms with Crippen molar-refractivity contribution in [2.45, 2.75) is 12.8 Å². The lowest BCUT2D eigenvalue weighted by Gasteiger charge is -2.28. The second-order valence-electron chi connectivity index (χ2n) is 5.71. The lowest BCUT2D eigenvalue weighted by molar-refractivity contribution is 0.418. The number of nitrogens with zero attached hydrogens (tertiary/aromatic N) is 2. The van der Waals surface area contributed by atoms with Crippen LogP contribution in [0, 0.1) is 0 Å². The number of para-hydroxylation sites is 2. The fraction of sp³-hybridized carbons (Fsp3) is 0.333. The summed E-state index contributed by atoms with van der Waals surface area (Å²) in [5.74, 6) is 0. The summed E-state index contributed by atoms with van der Waals surface area (Å²) >= 11 is 0. The molecule has 0 bridgehead atoms. The molecule has 2 aromatic carbocycles. The minimum absolute atomic E-state index is 0. The summed E-state index contributed by atoms with van der Waals surface area (Å²) in [7, 11) is 4.27. The van der Waals surface area contributed by atoms with Crippen molar-refractivity contribution < 1.29 is 0 Å². The summed E-state index contributed by atoms with van der Waals surface area (Å²) in [6.07, 6.45) is 2.26. The Bertz CT molecular complexity index is 548. The van der Waals surface area contributed by atoms with Gasteiger partial charge in [-0.1, -0.05) is 36.4 Å². The first-order valence-corrected chi connectivity index (χ1v) is 7.34. The zero-order chi connectivity index (χ0) is 13.9. The van der Waals surface area contributed by atoms with Crippen LogP contribution in [-0.4, -0.2) is 32.1 Å². The molecular formula is C18H23ClN2. The number of hydrogen-bond donors (Lipinski definition) is 0. The minimum atomic E-state index is 0. The molecule has 0 aromatic heterocycles. The molecule has 112 valence electrons. The Morgan fingerprint density at radius 1 is 0.857 bits per heavy atom. The first kappa shape index (κ1) is 15.9. The molecule has 0 N–H and O–H groups in total. The molecule has 0 radical (unpaired) electrons. The van der Waals surface area contributed by atoms with Crippen LogP contribution in [0.25, 0.3) is 0 Å². The molecule has 0 atom stereocenters. The molecule has 1 aliphatic heterocycles. The van der Waals surface area contributed by atoms with Crippen molar-refractivity contribution in [1.82, 2.24) is 4.90 Å². The van der Waals surface area contributed by atoms with Crippen LogP contribution in [0.15, 0.2) is 48.5 Å². The van der Waals surface area contributed by atoms with Gasteiger partial charge in [0.25, 0.3) is 0 Å². The van der Waals surface area contributed by atoms with Gasteiger partial charge in [0.05, 0.1) is 0 Å². The van der Waals surface area contributed by atoms with Crippen LogP contribution in [0.2, 0.25) is 0 Å². The number of fused-ring (bicyclic) bond motifs is 2. The quantitative estimate of drug-likeness (QED) is 0.848. The van der Waals surface area contributed by atoms with Gasteiger partial charge in [-0.25, -0.2) is 0 Å². The molecule has 1 aliphatic rings. The van der Waals surface area contributed by atoms with Crippen LogP contribution in [-0.2, 0) is 12.8 Å². The number of hydrogen-bond acceptors (Lipinski definition) is 2. The fourth-order valence-electron chi connectivity index (χ4n) is 2.91. The van der Waals surface area contributed by atoms with E-state index in [-0.39, 0.29) is 12.4 Å². The molecule has 0 spiro atoms. The average molecular weight is 303 g/mol. The van der Waals surface area contributed by atoms with Crippen LogP contribution in [0.5, 0.6) is 0 Å². The van der Waals surface area contributed by atoms with Gasteiger partial charge in [0.2, 0.25) is 0 Å². The van der Waals surface area contributed by atoms with Gasteiger partial charge in [0.15, 0.2) is 0 Å². The first-order valence-electron chi connectivity index (χ1n) is 7.34. The summed E-state index contributed by atoms with van der Waals surface area (Å²) in [6, 6.07) is 17.6. The van der Waals surface area contributed by atoms with Crippen LogP contribution in [0.3, 0.4) is 0 Å². The molecule has 0 amide bonds. The standard InChI is InChI=1S/C18H22N2.ClH/c1-19(2)13-14-20-17-9-5-3-7-15(17)11-12-16-8-4-6-10-18(16)20;/h3-10H,11-14H2,1-2H3;1H. The van der Waals surface area contributed by atoms with Crippen LogP contribution in [0.1, 0.15) is 11.1 Å². The molecule has 1 heterocycles. The molecular weight excluding hydrogens is 280 g/mol. The summed E-state index contributed by atoms with van der Waals surface area (Å²) < 4.78 is 0. The fourth-order valence-corrected chi connectivity index (χ4v) is 2.91. The largest absolute Gasteiger partial charge is 0.340 e. The highest BCUT2D eigenvalue weighted by Crippen LogP contribution is 2.35. The van der Waals surface area contributed by atoms with Gasteiger partial charge in [-0.05, 0) is 50.2 Å². The van der Waals surface area contributed by atoms with Crippen LogP contribution in [0.4, 0.5) is 11.4 Å². The van der Waals surface area contributed by atoms with E-state index in [1.54, 1.807) is 0 Å². The Morgan fingerprint density at radius 2 is 1.33 bits per heavy atom. The van der Waals surface area contributed by atoms with Gasteiger partial charge in [0, 0.05) is 24.5 Å². The third kappa shape index (κ3) is 3.39. The van der Waals surface area contributed by atoms with Crippen LogP contribution < -0.4 is 4.90 Å². The third-order valence-corrected chi connectivity index (χ3v) is 4.00. The molecule has 21 heavy (non-hydrogen) atoms. The molecule has 2 aromatic rings. The highest BCUT2D eigenvalue weighted by atomic mass is 35.5. The molecule has 0 aliphatic carbocycles. The Kier molecular flexibility index (Phi) is 5.27. The van der Waals surface area contributed by atoms with Crippen molar-refractivity contribution in [1.29, 1.82) is 0 Å². The maximum atomic E-state index is 2.48. The molecule has 3 heteroatoms. The Balaban J connectivity index is 0.00000161. The average Bonchev–Trinajstić information content (AvgIpc) is 2.62. The molecule has 0 saturated carbocycles. The van der Waals surface area contributed by atoms with E-state index in [4.69, 9.17) is 0 Å². The minimum Gasteiger partial charge on any atom is -0.340 e. The van der Waals surface area contributed by atoms with E-state index in [0.717, 1.165) is 25.9 Å². The highest BCUT2D eigenvalue weighted by molar-refractivity contribution is 5.85. The summed E-state index contributed by atoms with van der Waals surface area (Å²) in [4.78, 5) is 4.73. The van der Waals surface area contributed by atoms with Gasteiger partial charge in [0.1, 0.15) is 0 Å². The van der Waals surface area contributed by atoms with Gasteiger partial charge >= 0.3 is 0 Å². The van der Waals surface area contributed by atoms with Crippen molar-refractivity contribution >= 4 is 23.8 Å². The SMILES string of the molecule is CN(C)CCN1c2ccccc2CCc2ccccc21.Cl. The van der Waals surface area contributed by atoms with E-state index in [2.05, 4.69) is 72.4 Å². The van der Waals surface area contributed by atoms with Gasteiger partial charge in [-0.3, -0.25) is 0 Å². The Morgan fingerprint density at radius 3 is 1.81 bits per heavy atom. The van der Waals surface area contributed by atoms with Crippen molar-refractivity contribution in [3.05, 3.63) is 59.7 Å². The smallest absolute Gasteiger partial charge is 0.0443 e. The summed E-state index contributed by atoms with van der Waals surface area (Å²) in [6.45, 7) is 2.09. The first-order chi connectivity index (χ1) is 9.75. The van der Waals surface area contributed by atoms with E-state index >= 15 is 0 Å². The molecule has 3 rings (SSSR count). The highest BCUT2D eigenvalue weighted by Gasteiger charge is 2.19.